The van der Waals surface area contributed by atoms with Crippen LogP contribution in [0, 0.1) is 17.8 Å². The fraction of sp³-hybridized carbons (Fsp3) is 0.857. The first-order valence-corrected chi connectivity index (χ1v) is 3.40. The molecule has 0 unspecified atom stereocenters. The Bertz CT molecular complexity index is 139. The van der Waals surface area contributed by atoms with E-state index < -0.39 is 0 Å². The molecular formula is C7H10O2. The maximum atomic E-state index is 10.8. The number of carbonyl (C=O) groups is 1. The van der Waals surface area contributed by atoms with E-state index in [1.807, 2.05) is 0 Å². The van der Waals surface area contributed by atoms with Gasteiger partial charge in [-0.3, -0.25) is 4.79 Å². The molecule has 2 nitrogen and oxygen atoms in total. The maximum absolute atomic E-state index is 10.8. The van der Waals surface area contributed by atoms with Gasteiger partial charge in [-0.1, -0.05) is 0 Å². The molecule has 0 aromatic heterocycles. The summed E-state index contributed by atoms with van der Waals surface area (Å²) in [6.07, 6.45) is 2.56. The molecule has 3 fully saturated rings. The fourth-order valence-corrected chi connectivity index (χ4v) is 1.81. The molecule has 0 amide bonds. The molecule has 50 valence electrons. The molecule has 2 bridgehead atoms. The van der Waals surface area contributed by atoms with E-state index >= 15 is 0 Å². The third-order valence-corrected chi connectivity index (χ3v) is 2.70. The minimum Gasteiger partial charge on any atom is -0.469 e. The van der Waals surface area contributed by atoms with Gasteiger partial charge in [0.05, 0.1) is 13.0 Å². The van der Waals surface area contributed by atoms with Gasteiger partial charge in [-0.25, -0.2) is 0 Å². The number of rotatable bonds is 1. The molecule has 9 heavy (non-hydrogen) atoms. The Kier molecular flexibility index (Phi) is 0.875. The van der Waals surface area contributed by atoms with Crippen molar-refractivity contribution in [1.82, 2.24) is 0 Å². The highest BCUT2D eigenvalue weighted by molar-refractivity contribution is 5.75. The molecule has 3 aliphatic carbocycles. The van der Waals surface area contributed by atoms with Gasteiger partial charge in [0.25, 0.3) is 0 Å². The summed E-state index contributed by atoms with van der Waals surface area (Å²) in [5.74, 6) is 1.71. The lowest BCUT2D eigenvalue weighted by atomic mass is 9.48. The molecule has 3 aliphatic rings. The summed E-state index contributed by atoms with van der Waals surface area (Å²) in [5, 5.41) is 0. The molecule has 0 N–H and O–H groups in total. The highest BCUT2D eigenvalue weighted by Crippen LogP contribution is 2.58. The van der Waals surface area contributed by atoms with Crippen molar-refractivity contribution >= 4 is 5.97 Å². The van der Waals surface area contributed by atoms with Crippen LogP contribution in [0.25, 0.3) is 0 Å². The first kappa shape index (κ1) is 5.27. The summed E-state index contributed by atoms with van der Waals surface area (Å²) in [7, 11) is 1.47. The van der Waals surface area contributed by atoms with Gasteiger partial charge in [-0.05, 0) is 24.7 Å². The Morgan fingerprint density at radius 3 is 2.11 bits per heavy atom. The summed E-state index contributed by atoms with van der Waals surface area (Å²) in [6.45, 7) is 0. The third-order valence-electron chi connectivity index (χ3n) is 2.70. The van der Waals surface area contributed by atoms with Crippen LogP contribution >= 0.6 is 0 Å². The Morgan fingerprint density at radius 1 is 1.44 bits per heavy atom. The summed E-state index contributed by atoms with van der Waals surface area (Å²) >= 11 is 0. The normalized spacial score (nSPS) is 44.8. The summed E-state index contributed by atoms with van der Waals surface area (Å²) < 4.78 is 4.62. The van der Waals surface area contributed by atoms with Gasteiger partial charge in [-0.2, -0.15) is 0 Å². The Hall–Kier alpha value is -0.530. The summed E-state index contributed by atoms with van der Waals surface area (Å²) in [5.41, 5.74) is 0. The predicted octanol–water partition coefficient (Wildman–Crippen LogP) is 0.815. The zero-order valence-electron chi connectivity index (χ0n) is 5.46. The number of methoxy groups -OCH3 is 1. The molecule has 0 aromatic carbocycles. The average molecular weight is 126 g/mol. The second kappa shape index (κ2) is 1.49. The zero-order chi connectivity index (χ0) is 6.43. The Labute approximate surface area is 54.2 Å². The molecular weight excluding hydrogens is 116 g/mol. The Morgan fingerprint density at radius 2 is 2.00 bits per heavy atom. The molecule has 3 saturated carbocycles. The quantitative estimate of drug-likeness (QED) is 0.486. The monoisotopic (exact) mass is 126 g/mol. The second-order valence-corrected chi connectivity index (χ2v) is 3.04. The van der Waals surface area contributed by atoms with Gasteiger partial charge < -0.3 is 4.74 Å². The van der Waals surface area contributed by atoms with Crippen molar-refractivity contribution in [2.45, 2.75) is 12.8 Å². The van der Waals surface area contributed by atoms with E-state index in [4.69, 9.17) is 0 Å². The van der Waals surface area contributed by atoms with Crippen LogP contribution in [-0.4, -0.2) is 13.1 Å². The predicted molar refractivity (Wildman–Crippen MR) is 31.7 cm³/mol. The number of hydrogen-bond acceptors (Lipinski definition) is 2. The highest BCUT2D eigenvalue weighted by atomic mass is 16.5. The zero-order valence-corrected chi connectivity index (χ0v) is 5.46. The van der Waals surface area contributed by atoms with Gasteiger partial charge in [0, 0.05) is 0 Å². The van der Waals surface area contributed by atoms with Crippen LogP contribution in [0.3, 0.4) is 0 Å². The topological polar surface area (TPSA) is 26.3 Å². The maximum Gasteiger partial charge on any atom is 0.309 e. The largest absolute Gasteiger partial charge is 0.469 e. The van der Waals surface area contributed by atoms with E-state index in [0.29, 0.717) is 17.8 Å². The number of ether oxygens (including phenoxy) is 1. The van der Waals surface area contributed by atoms with E-state index in [2.05, 4.69) is 4.74 Å². The molecule has 2 heteroatoms. The van der Waals surface area contributed by atoms with Crippen molar-refractivity contribution in [3.63, 3.8) is 0 Å². The number of esters is 1. The highest BCUT2D eigenvalue weighted by Gasteiger charge is 2.56. The van der Waals surface area contributed by atoms with Gasteiger partial charge in [0.2, 0.25) is 0 Å². The number of hydrogen-bond donors (Lipinski definition) is 0. The third kappa shape index (κ3) is 0.485. The average Bonchev–Trinajstić information content (AvgIpc) is 1.57. The molecule has 0 spiro atoms. The van der Waals surface area contributed by atoms with E-state index in [0.717, 1.165) is 0 Å². The van der Waals surface area contributed by atoms with Crippen molar-refractivity contribution in [3.8, 4) is 0 Å². The molecule has 0 atom stereocenters. The van der Waals surface area contributed by atoms with Crippen LogP contribution in [-0.2, 0) is 9.53 Å². The fourth-order valence-electron chi connectivity index (χ4n) is 1.81. The number of carbonyl (C=O) groups excluding carboxylic acids is 1. The summed E-state index contributed by atoms with van der Waals surface area (Å²) in [4.78, 5) is 10.8. The van der Waals surface area contributed by atoms with Crippen LogP contribution in [0.2, 0.25) is 0 Å². The smallest absolute Gasteiger partial charge is 0.309 e. The standard InChI is InChI=1S/C7H10O2/c1-9-7(8)6-4-2-5(6)3-4/h4-6H,2-3H2,1H3. The minimum absolute atomic E-state index is 0.0162. The SMILES string of the molecule is COC(=O)C1C2CC1C2. The van der Waals surface area contributed by atoms with Crippen molar-refractivity contribution in [1.29, 1.82) is 0 Å². The second-order valence-electron chi connectivity index (χ2n) is 3.04. The first-order valence-electron chi connectivity index (χ1n) is 3.40. The lowest BCUT2D eigenvalue weighted by Gasteiger charge is -2.56. The minimum atomic E-state index is 0.0162. The molecule has 0 heterocycles. The van der Waals surface area contributed by atoms with E-state index in [-0.39, 0.29) is 5.97 Å². The van der Waals surface area contributed by atoms with E-state index in [1.54, 1.807) is 0 Å². The molecule has 3 rings (SSSR count). The van der Waals surface area contributed by atoms with Crippen LogP contribution in [0.4, 0.5) is 0 Å². The van der Waals surface area contributed by atoms with Crippen molar-refractivity contribution < 1.29 is 9.53 Å². The van der Waals surface area contributed by atoms with Crippen molar-refractivity contribution in [2.24, 2.45) is 17.8 Å². The van der Waals surface area contributed by atoms with Gasteiger partial charge in [0.1, 0.15) is 0 Å². The molecule has 0 aliphatic heterocycles. The van der Waals surface area contributed by atoms with Crippen LogP contribution in [0.1, 0.15) is 12.8 Å². The first-order chi connectivity index (χ1) is 4.33. The molecule has 0 saturated heterocycles. The lowest BCUT2D eigenvalue weighted by Crippen LogP contribution is -2.54. The Balaban J connectivity index is 1.94. The van der Waals surface area contributed by atoms with Gasteiger partial charge in [0.15, 0.2) is 0 Å². The van der Waals surface area contributed by atoms with Crippen LogP contribution < -0.4 is 0 Å². The van der Waals surface area contributed by atoms with Gasteiger partial charge >= 0.3 is 5.97 Å². The van der Waals surface area contributed by atoms with E-state index in [9.17, 15) is 4.79 Å². The molecule has 0 radical (unpaired) electrons. The van der Waals surface area contributed by atoms with Crippen molar-refractivity contribution in [3.05, 3.63) is 0 Å². The lowest BCUT2D eigenvalue weighted by molar-refractivity contribution is -0.174. The van der Waals surface area contributed by atoms with Crippen LogP contribution in [0.15, 0.2) is 0 Å². The van der Waals surface area contributed by atoms with Crippen molar-refractivity contribution in [2.75, 3.05) is 7.11 Å². The van der Waals surface area contributed by atoms with Gasteiger partial charge in [-0.15, -0.1) is 0 Å². The van der Waals surface area contributed by atoms with Crippen LogP contribution in [0.5, 0.6) is 0 Å². The summed E-state index contributed by atoms with van der Waals surface area (Å²) in [6, 6.07) is 0. The van der Waals surface area contributed by atoms with E-state index in [1.165, 1.54) is 20.0 Å². The molecule has 0 aromatic rings.